The van der Waals surface area contributed by atoms with Crippen molar-refractivity contribution >= 4 is 5.91 Å². The molecule has 1 aliphatic heterocycles. The van der Waals surface area contributed by atoms with E-state index in [1.807, 2.05) is 12.1 Å². The van der Waals surface area contributed by atoms with Gasteiger partial charge in [0.25, 0.3) is 0 Å². The highest BCUT2D eigenvalue weighted by Gasteiger charge is 2.43. The number of fused-ring (bicyclic) bond motifs is 1. The summed E-state index contributed by atoms with van der Waals surface area (Å²) in [5.74, 6) is -1.73. The van der Waals surface area contributed by atoms with Gasteiger partial charge in [-0.05, 0) is 36.0 Å². The van der Waals surface area contributed by atoms with E-state index >= 15 is 0 Å². The molecule has 0 spiro atoms. The van der Waals surface area contributed by atoms with Crippen molar-refractivity contribution in [2.75, 3.05) is 6.54 Å². The van der Waals surface area contributed by atoms with E-state index in [2.05, 4.69) is 13.0 Å². The van der Waals surface area contributed by atoms with Gasteiger partial charge < -0.3 is 4.90 Å². The molecule has 1 amide bonds. The molecule has 134 valence electrons. The minimum atomic E-state index is -4.78. The van der Waals surface area contributed by atoms with Crippen LogP contribution in [0.25, 0.3) is 0 Å². The molecule has 0 saturated heterocycles. The van der Waals surface area contributed by atoms with Gasteiger partial charge in [0.2, 0.25) is 0 Å². The molecule has 5 heteroatoms. The number of rotatable bonds is 7. The van der Waals surface area contributed by atoms with Crippen molar-refractivity contribution in [1.29, 1.82) is 0 Å². The first kappa shape index (κ1) is 18.8. The van der Waals surface area contributed by atoms with Crippen molar-refractivity contribution in [3.63, 3.8) is 0 Å². The lowest BCUT2D eigenvalue weighted by atomic mass is 9.95. The molecule has 24 heavy (non-hydrogen) atoms. The molecule has 1 aromatic rings. The van der Waals surface area contributed by atoms with Crippen LogP contribution in [0.15, 0.2) is 18.2 Å². The van der Waals surface area contributed by atoms with Gasteiger partial charge in [-0.25, -0.2) is 0 Å². The molecule has 0 saturated carbocycles. The Morgan fingerprint density at radius 1 is 1.08 bits per heavy atom. The maximum absolute atomic E-state index is 12.5. The molecule has 1 aliphatic rings. The number of benzene rings is 1. The van der Waals surface area contributed by atoms with E-state index in [0.717, 1.165) is 28.9 Å². The maximum Gasteiger partial charge on any atom is 0.471 e. The van der Waals surface area contributed by atoms with Crippen LogP contribution in [0.4, 0.5) is 13.2 Å². The second-order valence-corrected chi connectivity index (χ2v) is 6.60. The number of hydrogen-bond donors (Lipinski definition) is 0. The molecule has 0 atom stereocenters. The number of hydrogen-bond acceptors (Lipinski definition) is 1. The largest absolute Gasteiger partial charge is 0.471 e. The van der Waals surface area contributed by atoms with Crippen molar-refractivity contribution in [3.8, 4) is 0 Å². The summed E-state index contributed by atoms with van der Waals surface area (Å²) in [6.45, 7) is 2.41. The summed E-state index contributed by atoms with van der Waals surface area (Å²) in [6.07, 6.45) is 4.23. The van der Waals surface area contributed by atoms with Crippen molar-refractivity contribution in [3.05, 3.63) is 34.9 Å². The molecular formula is C19H26F3NO. The van der Waals surface area contributed by atoms with E-state index in [9.17, 15) is 18.0 Å². The van der Waals surface area contributed by atoms with Gasteiger partial charge in [-0.2, -0.15) is 13.2 Å². The molecule has 2 nitrogen and oxygen atoms in total. The number of aryl methyl sites for hydroxylation is 1. The summed E-state index contributed by atoms with van der Waals surface area (Å²) in [4.78, 5) is 12.2. The Morgan fingerprint density at radius 2 is 1.79 bits per heavy atom. The Hall–Kier alpha value is -1.52. The van der Waals surface area contributed by atoms with Crippen LogP contribution in [0, 0.1) is 0 Å². The van der Waals surface area contributed by atoms with Gasteiger partial charge in [0.1, 0.15) is 0 Å². The number of amides is 1. The number of carbonyl (C=O) groups is 1. The van der Waals surface area contributed by atoms with Crippen LogP contribution < -0.4 is 0 Å². The summed E-state index contributed by atoms with van der Waals surface area (Å²) in [5.41, 5.74) is 3.18. The van der Waals surface area contributed by atoms with E-state index in [1.54, 1.807) is 0 Å². The van der Waals surface area contributed by atoms with Crippen LogP contribution in [0.3, 0.4) is 0 Å². The SMILES string of the molecule is CCCCCCCCc1ccc2c(c1)CCN(C(=O)C(F)(F)F)C2. The Labute approximate surface area is 142 Å². The smallest absolute Gasteiger partial charge is 0.330 e. The number of nitrogens with zero attached hydrogens (tertiary/aromatic N) is 1. The fraction of sp³-hybridized carbons (Fsp3) is 0.632. The van der Waals surface area contributed by atoms with E-state index in [0.29, 0.717) is 6.42 Å². The highest BCUT2D eigenvalue weighted by molar-refractivity contribution is 5.82. The number of halogens is 3. The third-order valence-electron chi connectivity index (χ3n) is 4.63. The van der Waals surface area contributed by atoms with Gasteiger partial charge in [0.15, 0.2) is 0 Å². The summed E-state index contributed by atoms with van der Waals surface area (Å²) in [7, 11) is 0. The average molecular weight is 341 g/mol. The average Bonchev–Trinajstić information content (AvgIpc) is 2.56. The zero-order chi connectivity index (χ0) is 17.6. The van der Waals surface area contributed by atoms with Gasteiger partial charge >= 0.3 is 12.1 Å². The molecule has 0 radical (unpaired) electrons. The minimum absolute atomic E-state index is 0.0605. The third kappa shape index (κ3) is 5.25. The standard InChI is InChI=1S/C19H26F3NO/c1-2-3-4-5-6-7-8-15-9-10-17-14-23(12-11-16(17)13-15)18(24)19(20,21)22/h9-10,13H,2-8,11-12,14H2,1H3. The molecule has 1 heterocycles. The van der Waals surface area contributed by atoms with Crippen LogP contribution in [0.2, 0.25) is 0 Å². The first-order valence-corrected chi connectivity index (χ1v) is 8.88. The van der Waals surface area contributed by atoms with Gasteiger partial charge in [-0.15, -0.1) is 0 Å². The van der Waals surface area contributed by atoms with E-state index in [-0.39, 0.29) is 13.1 Å². The van der Waals surface area contributed by atoms with Crippen molar-refractivity contribution in [1.82, 2.24) is 4.90 Å². The quantitative estimate of drug-likeness (QED) is 0.637. The lowest BCUT2D eigenvalue weighted by molar-refractivity contribution is -0.186. The Morgan fingerprint density at radius 3 is 2.50 bits per heavy atom. The molecule has 0 fully saturated rings. The van der Waals surface area contributed by atoms with Crippen LogP contribution in [0.5, 0.6) is 0 Å². The predicted molar refractivity (Wildman–Crippen MR) is 88.7 cm³/mol. The van der Waals surface area contributed by atoms with Crippen LogP contribution >= 0.6 is 0 Å². The van der Waals surface area contributed by atoms with Crippen molar-refractivity contribution in [2.45, 2.75) is 71.0 Å². The highest BCUT2D eigenvalue weighted by Crippen LogP contribution is 2.26. The Bertz CT molecular complexity index is 554. The molecule has 1 aromatic carbocycles. The van der Waals surface area contributed by atoms with E-state index in [1.165, 1.54) is 37.7 Å². The fourth-order valence-corrected chi connectivity index (χ4v) is 3.22. The highest BCUT2D eigenvalue weighted by atomic mass is 19.4. The number of alkyl halides is 3. The molecule has 0 aliphatic carbocycles. The van der Waals surface area contributed by atoms with Crippen molar-refractivity contribution in [2.24, 2.45) is 0 Å². The molecule has 0 bridgehead atoms. The van der Waals surface area contributed by atoms with E-state index in [4.69, 9.17) is 0 Å². The first-order valence-electron chi connectivity index (χ1n) is 8.88. The second-order valence-electron chi connectivity index (χ2n) is 6.60. The lowest BCUT2D eigenvalue weighted by Gasteiger charge is -2.29. The molecular weight excluding hydrogens is 315 g/mol. The van der Waals surface area contributed by atoms with Crippen molar-refractivity contribution < 1.29 is 18.0 Å². The van der Waals surface area contributed by atoms with Gasteiger partial charge in [-0.3, -0.25) is 4.79 Å². The van der Waals surface area contributed by atoms with Crippen LogP contribution in [-0.4, -0.2) is 23.5 Å². The lowest BCUT2D eigenvalue weighted by Crippen LogP contribution is -2.43. The number of unbranched alkanes of at least 4 members (excludes halogenated alkanes) is 5. The minimum Gasteiger partial charge on any atom is -0.330 e. The van der Waals surface area contributed by atoms with Gasteiger partial charge in [-0.1, -0.05) is 57.2 Å². The number of carbonyl (C=O) groups excluding carboxylic acids is 1. The summed E-state index contributed by atoms with van der Waals surface area (Å²) in [6, 6.07) is 5.99. The van der Waals surface area contributed by atoms with Crippen LogP contribution in [-0.2, 0) is 24.2 Å². The zero-order valence-electron chi connectivity index (χ0n) is 14.3. The van der Waals surface area contributed by atoms with Gasteiger partial charge in [0, 0.05) is 13.1 Å². The maximum atomic E-state index is 12.5. The predicted octanol–water partition coefficient (Wildman–Crippen LogP) is 5.04. The zero-order valence-corrected chi connectivity index (χ0v) is 14.3. The summed E-state index contributed by atoms with van der Waals surface area (Å²) < 4.78 is 37.6. The fourth-order valence-electron chi connectivity index (χ4n) is 3.22. The summed E-state index contributed by atoms with van der Waals surface area (Å²) >= 11 is 0. The normalized spacial score (nSPS) is 14.6. The Balaban J connectivity index is 1.86. The monoisotopic (exact) mass is 341 g/mol. The first-order chi connectivity index (χ1) is 11.4. The van der Waals surface area contributed by atoms with Gasteiger partial charge in [0.05, 0.1) is 0 Å². The summed E-state index contributed by atoms with van der Waals surface area (Å²) in [5, 5.41) is 0. The molecule has 0 aromatic heterocycles. The third-order valence-corrected chi connectivity index (χ3v) is 4.63. The molecule has 2 rings (SSSR count). The Kier molecular flexibility index (Phi) is 6.69. The second kappa shape index (κ2) is 8.54. The molecule has 0 N–H and O–H groups in total. The van der Waals surface area contributed by atoms with E-state index < -0.39 is 12.1 Å². The molecule has 0 unspecified atom stereocenters. The van der Waals surface area contributed by atoms with Crippen LogP contribution in [0.1, 0.15) is 62.1 Å². The topological polar surface area (TPSA) is 20.3 Å².